The van der Waals surface area contributed by atoms with Crippen LogP contribution in [0.25, 0.3) is 0 Å². The van der Waals surface area contributed by atoms with Crippen molar-refractivity contribution in [1.29, 1.82) is 5.26 Å². The first kappa shape index (κ1) is 30.0. The quantitative estimate of drug-likeness (QED) is 0.391. The number of amides is 1. The predicted molar refractivity (Wildman–Crippen MR) is 148 cm³/mol. The second kappa shape index (κ2) is 9.28. The van der Waals surface area contributed by atoms with Gasteiger partial charge in [0.2, 0.25) is 5.91 Å². The Hall–Kier alpha value is -2.43. The van der Waals surface area contributed by atoms with Gasteiger partial charge in [-0.1, -0.05) is 59.6 Å². The molecule has 3 saturated carbocycles. The van der Waals surface area contributed by atoms with Crippen LogP contribution in [-0.2, 0) is 14.4 Å². The first-order valence-electron chi connectivity index (χ1n) is 15.1. The summed E-state index contributed by atoms with van der Waals surface area (Å²) in [5, 5.41) is 12.1. The molecule has 224 valence electrons. The summed E-state index contributed by atoms with van der Waals surface area (Å²) in [5.41, 5.74) is -1.88. The van der Waals surface area contributed by atoms with Crippen LogP contribution in [0.3, 0.4) is 0 Å². The number of rotatable bonds is 2. The van der Waals surface area contributed by atoms with Crippen LogP contribution in [0.15, 0.2) is 23.3 Å². The van der Waals surface area contributed by atoms with Crippen molar-refractivity contribution in [2.24, 2.45) is 50.7 Å². The Morgan fingerprint density at radius 3 is 2.34 bits per heavy atom. The van der Waals surface area contributed by atoms with Gasteiger partial charge in [-0.15, -0.1) is 0 Å². The molecule has 5 rings (SSSR count). The van der Waals surface area contributed by atoms with Crippen LogP contribution in [-0.4, -0.2) is 30.2 Å². The fourth-order valence-electron chi connectivity index (χ4n) is 10.2. The molecule has 1 unspecified atom stereocenters. The minimum atomic E-state index is -4.51. The minimum Gasteiger partial charge on any atom is -0.346 e. The smallest absolute Gasteiger partial charge is 0.346 e. The molecule has 1 amide bonds. The number of carbonyl (C=O) groups excluding carboxylic acids is 3. The second-order valence-electron chi connectivity index (χ2n) is 15.5. The molecule has 5 nitrogen and oxygen atoms in total. The molecule has 0 aromatic heterocycles. The minimum absolute atomic E-state index is 0.0154. The third-order valence-electron chi connectivity index (χ3n) is 12.2. The molecular formula is C33H43F3N2O3. The van der Waals surface area contributed by atoms with E-state index in [4.69, 9.17) is 0 Å². The lowest BCUT2D eigenvalue weighted by molar-refractivity contribution is -0.170. The van der Waals surface area contributed by atoms with Crippen molar-refractivity contribution in [2.45, 2.75) is 99.1 Å². The number of Topliss-reactive ketones (excluding diaryl/α,β-unsaturated/α-hetero) is 1. The van der Waals surface area contributed by atoms with E-state index in [1.54, 1.807) is 6.08 Å². The molecule has 8 heteroatoms. The highest BCUT2D eigenvalue weighted by Gasteiger charge is 2.66. The van der Waals surface area contributed by atoms with Crippen molar-refractivity contribution in [1.82, 2.24) is 5.32 Å². The van der Waals surface area contributed by atoms with Crippen LogP contribution in [0.5, 0.6) is 0 Å². The standard InChI is InChI=1S/C33H43F3N2O3/c1-28(2)10-12-32(27(41)38-18-33(34,35)36)13-11-30(5)20-8-7-9-24-29(3,4)26(40)19(17-37)15-31(24,6)21(20)14-23(39)25(30)22(32)16-28/h14-15,20,22,24-25H,7-13,16,18H2,1-6H3,(H,38,41)/t20-,22+,24?,25-,30-,31+,32-/m0/s1. The van der Waals surface area contributed by atoms with Crippen LogP contribution >= 0.6 is 0 Å². The Morgan fingerprint density at radius 1 is 1.05 bits per heavy atom. The molecule has 0 radical (unpaired) electrons. The lowest BCUT2D eigenvalue weighted by Crippen LogP contribution is -2.63. The number of nitrogens with zero attached hydrogens (tertiary/aromatic N) is 1. The van der Waals surface area contributed by atoms with E-state index in [-0.39, 0.29) is 40.3 Å². The van der Waals surface area contributed by atoms with Crippen LogP contribution in [0.1, 0.15) is 92.9 Å². The SMILES string of the molecule is CC1(C)CC[C@]2(C(=O)NCC(F)(F)F)CC[C@]3(C)[C@H](C(=O)C=C4[C@@H]3CCCC3C(C)(C)C(=O)C(C#N)=C[C@]43C)[C@H]2C1. The van der Waals surface area contributed by atoms with Gasteiger partial charge in [0.25, 0.3) is 0 Å². The summed E-state index contributed by atoms with van der Waals surface area (Å²) in [6, 6.07) is 2.12. The Kier molecular flexibility index (Phi) is 6.80. The van der Waals surface area contributed by atoms with Crippen molar-refractivity contribution >= 4 is 17.5 Å². The van der Waals surface area contributed by atoms with Gasteiger partial charge in [-0.3, -0.25) is 14.4 Å². The third-order valence-corrected chi connectivity index (χ3v) is 12.2. The largest absolute Gasteiger partial charge is 0.405 e. The highest BCUT2D eigenvalue weighted by atomic mass is 19.4. The second-order valence-corrected chi connectivity index (χ2v) is 15.5. The number of allylic oxidation sites excluding steroid dienone is 4. The molecule has 1 N–H and O–H groups in total. The maximum atomic E-state index is 14.4. The van der Waals surface area contributed by atoms with Crippen molar-refractivity contribution in [3.63, 3.8) is 0 Å². The Labute approximate surface area is 241 Å². The lowest BCUT2D eigenvalue weighted by Gasteiger charge is -2.63. The van der Waals surface area contributed by atoms with Crippen LogP contribution in [0.4, 0.5) is 13.2 Å². The number of halogens is 3. The molecule has 0 saturated heterocycles. The zero-order valence-corrected chi connectivity index (χ0v) is 25.1. The van der Waals surface area contributed by atoms with Gasteiger partial charge in [-0.25, -0.2) is 0 Å². The fourth-order valence-corrected chi connectivity index (χ4v) is 10.2. The number of nitriles is 1. The van der Waals surface area contributed by atoms with E-state index in [1.165, 1.54) is 0 Å². The summed E-state index contributed by atoms with van der Waals surface area (Å²) in [6.07, 6.45) is 4.39. The average molecular weight is 573 g/mol. The van der Waals surface area contributed by atoms with Gasteiger partial charge in [-0.05, 0) is 79.6 Å². The van der Waals surface area contributed by atoms with Crippen molar-refractivity contribution in [2.75, 3.05) is 6.54 Å². The summed E-state index contributed by atoms with van der Waals surface area (Å²) < 4.78 is 39.4. The Balaban J connectivity index is 1.63. The molecule has 0 bridgehead atoms. The number of alkyl halides is 3. The number of fused-ring (bicyclic) bond motifs is 7. The number of hydrogen-bond donors (Lipinski definition) is 1. The molecule has 0 aromatic rings. The van der Waals surface area contributed by atoms with Crippen LogP contribution < -0.4 is 5.32 Å². The zero-order chi connectivity index (χ0) is 30.4. The Bertz CT molecular complexity index is 1290. The maximum absolute atomic E-state index is 14.4. The molecule has 0 heterocycles. The van der Waals surface area contributed by atoms with E-state index < -0.39 is 46.2 Å². The van der Waals surface area contributed by atoms with Gasteiger partial charge in [0.1, 0.15) is 12.6 Å². The van der Waals surface area contributed by atoms with E-state index in [0.29, 0.717) is 25.7 Å². The fraction of sp³-hybridized carbons (Fsp3) is 0.758. The first-order chi connectivity index (χ1) is 18.8. The summed E-state index contributed by atoms with van der Waals surface area (Å²) >= 11 is 0. The third kappa shape index (κ3) is 4.43. The van der Waals surface area contributed by atoms with Gasteiger partial charge in [-0.2, -0.15) is 18.4 Å². The average Bonchev–Trinajstić information content (AvgIpc) is 3.01. The van der Waals surface area contributed by atoms with Gasteiger partial charge >= 0.3 is 6.18 Å². The molecular weight excluding hydrogens is 529 g/mol. The van der Waals surface area contributed by atoms with Crippen LogP contribution in [0, 0.1) is 62.1 Å². The monoisotopic (exact) mass is 572 g/mol. The van der Waals surface area contributed by atoms with E-state index in [1.807, 2.05) is 19.9 Å². The Morgan fingerprint density at radius 2 is 1.71 bits per heavy atom. The van der Waals surface area contributed by atoms with Gasteiger partial charge in [0.15, 0.2) is 11.6 Å². The van der Waals surface area contributed by atoms with Crippen molar-refractivity contribution in [3.05, 3.63) is 23.3 Å². The molecule has 0 aromatic carbocycles. The number of hydrogen-bond acceptors (Lipinski definition) is 4. The molecule has 41 heavy (non-hydrogen) atoms. The first-order valence-corrected chi connectivity index (χ1v) is 15.1. The van der Waals surface area contributed by atoms with Gasteiger partial charge in [0, 0.05) is 16.7 Å². The molecule has 0 aliphatic heterocycles. The van der Waals surface area contributed by atoms with Gasteiger partial charge in [0.05, 0.1) is 11.0 Å². The zero-order valence-electron chi connectivity index (χ0n) is 25.1. The number of ketones is 2. The highest BCUT2D eigenvalue weighted by molar-refractivity contribution is 6.04. The molecule has 5 aliphatic carbocycles. The molecule has 5 aliphatic rings. The van der Waals surface area contributed by atoms with E-state index in [9.17, 15) is 32.8 Å². The van der Waals surface area contributed by atoms with Crippen molar-refractivity contribution in [3.8, 4) is 6.07 Å². The van der Waals surface area contributed by atoms with Crippen molar-refractivity contribution < 1.29 is 27.6 Å². The number of nitrogens with one attached hydrogen (secondary N) is 1. The summed E-state index contributed by atoms with van der Waals surface area (Å²) in [4.78, 5) is 41.3. The van der Waals surface area contributed by atoms with E-state index >= 15 is 0 Å². The predicted octanol–water partition coefficient (Wildman–Crippen LogP) is 6.88. The molecule has 3 fully saturated rings. The summed E-state index contributed by atoms with van der Waals surface area (Å²) in [5.74, 6) is -1.65. The maximum Gasteiger partial charge on any atom is 0.405 e. The van der Waals surface area contributed by atoms with E-state index in [2.05, 4.69) is 39.1 Å². The summed E-state index contributed by atoms with van der Waals surface area (Å²) in [7, 11) is 0. The number of carbonyl (C=O) groups is 3. The molecule has 0 spiro atoms. The topological polar surface area (TPSA) is 87.0 Å². The van der Waals surface area contributed by atoms with Gasteiger partial charge < -0.3 is 5.32 Å². The van der Waals surface area contributed by atoms with Crippen LogP contribution in [0.2, 0.25) is 0 Å². The van der Waals surface area contributed by atoms with E-state index in [0.717, 1.165) is 31.3 Å². The lowest BCUT2D eigenvalue weighted by atomic mass is 9.40. The molecule has 7 atom stereocenters. The highest BCUT2D eigenvalue weighted by Crippen LogP contribution is 2.69. The summed E-state index contributed by atoms with van der Waals surface area (Å²) in [6.45, 7) is 10.9. The normalized spacial score (nSPS) is 41.3.